The van der Waals surface area contributed by atoms with Crippen molar-refractivity contribution >= 4 is 40.6 Å². The van der Waals surface area contributed by atoms with Crippen LogP contribution < -0.4 is 10.2 Å². The van der Waals surface area contributed by atoms with Gasteiger partial charge >= 0.3 is 0 Å². The lowest BCUT2D eigenvalue weighted by Gasteiger charge is -2.16. The van der Waals surface area contributed by atoms with Gasteiger partial charge in [0.05, 0.1) is 0 Å². The van der Waals surface area contributed by atoms with E-state index < -0.39 is 0 Å². The second-order valence-electron chi connectivity index (χ2n) is 5.32. The Morgan fingerprint density at radius 3 is 2.91 bits per heavy atom. The fourth-order valence-corrected chi connectivity index (χ4v) is 3.80. The minimum Gasteiger partial charge on any atom is -0.350 e. The zero-order valence-corrected chi connectivity index (χ0v) is 14.3. The Morgan fingerprint density at radius 1 is 1.43 bits per heavy atom. The zero-order valence-electron chi connectivity index (χ0n) is 12.7. The summed E-state index contributed by atoms with van der Waals surface area (Å²) in [5.74, 6) is 0.0613. The molecule has 1 aromatic carbocycles. The van der Waals surface area contributed by atoms with Gasteiger partial charge in [-0.2, -0.15) is 0 Å². The van der Waals surface area contributed by atoms with Gasteiger partial charge in [0.15, 0.2) is 0 Å². The number of hydrogen-bond acceptors (Lipinski definition) is 5. The van der Waals surface area contributed by atoms with E-state index in [4.69, 9.17) is 0 Å². The van der Waals surface area contributed by atoms with Gasteiger partial charge in [-0.3, -0.25) is 9.59 Å². The van der Waals surface area contributed by atoms with E-state index in [-0.39, 0.29) is 17.7 Å². The van der Waals surface area contributed by atoms with Crippen LogP contribution in [0.25, 0.3) is 0 Å². The number of aromatic nitrogens is 1. The van der Waals surface area contributed by atoms with Crippen LogP contribution in [-0.2, 0) is 4.79 Å². The molecular formula is C16H17N3O2S2. The lowest BCUT2D eigenvalue weighted by Crippen LogP contribution is -2.31. The van der Waals surface area contributed by atoms with Gasteiger partial charge in [0.2, 0.25) is 5.91 Å². The Balaban J connectivity index is 1.55. The summed E-state index contributed by atoms with van der Waals surface area (Å²) in [7, 11) is 0. The number of thiazole rings is 1. The molecule has 7 heteroatoms. The first-order valence-electron chi connectivity index (χ1n) is 7.30. The number of amides is 2. The molecule has 0 bridgehead atoms. The average Bonchev–Trinajstić information content (AvgIpc) is 3.20. The van der Waals surface area contributed by atoms with Crippen molar-refractivity contribution in [3.63, 3.8) is 0 Å². The summed E-state index contributed by atoms with van der Waals surface area (Å²) in [4.78, 5) is 30.3. The Morgan fingerprint density at radius 2 is 2.22 bits per heavy atom. The highest BCUT2D eigenvalue weighted by atomic mass is 32.2. The predicted molar refractivity (Wildman–Crippen MR) is 93.1 cm³/mol. The molecule has 1 aliphatic rings. The van der Waals surface area contributed by atoms with Gasteiger partial charge in [-0.25, -0.2) is 4.98 Å². The number of benzene rings is 1. The summed E-state index contributed by atoms with van der Waals surface area (Å²) < 4.78 is 0.876. The molecular weight excluding hydrogens is 330 g/mol. The number of rotatable bonds is 5. The largest absolute Gasteiger partial charge is 0.350 e. The first-order chi connectivity index (χ1) is 11.2. The summed E-state index contributed by atoms with van der Waals surface area (Å²) in [5, 5.41) is 4.65. The van der Waals surface area contributed by atoms with Crippen LogP contribution >= 0.6 is 23.1 Å². The first-order valence-corrected chi connectivity index (χ1v) is 9.41. The summed E-state index contributed by atoms with van der Waals surface area (Å²) in [6.45, 7) is 1.12. The third-order valence-electron chi connectivity index (χ3n) is 3.71. The fraction of sp³-hybridized carbons (Fsp3) is 0.312. The number of nitrogens with one attached hydrogen (secondary N) is 1. The number of anilines is 1. The van der Waals surface area contributed by atoms with Crippen LogP contribution in [-0.4, -0.2) is 36.1 Å². The molecule has 1 N–H and O–H groups in total. The van der Waals surface area contributed by atoms with Crippen LogP contribution in [0.15, 0.2) is 40.1 Å². The first kappa shape index (κ1) is 16.0. The van der Waals surface area contributed by atoms with Crippen molar-refractivity contribution in [3.05, 3.63) is 41.4 Å². The van der Waals surface area contributed by atoms with Gasteiger partial charge in [0, 0.05) is 36.5 Å². The molecule has 1 aliphatic heterocycles. The van der Waals surface area contributed by atoms with Gasteiger partial charge in [-0.15, -0.1) is 11.3 Å². The molecule has 2 amide bonds. The molecule has 3 rings (SSSR count). The van der Waals surface area contributed by atoms with Crippen molar-refractivity contribution in [2.45, 2.75) is 10.8 Å². The minimum absolute atomic E-state index is 0.105. The van der Waals surface area contributed by atoms with Crippen molar-refractivity contribution in [3.8, 4) is 0 Å². The van der Waals surface area contributed by atoms with Crippen LogP contribution in [0.2, 0.25) is 0 Å². The molecule has 120 valence electrons. The lowest BCUT2D eigenvalue weighted by atomic mass is 10.1. The van der Waals surface area contributed by atoms with Crippen LogP contribution in [0.3, 0.4) is 0 Å². The Bertz CT molecular complexity index is 702. The Hall–Kier alpha value is -1.86. The molecule has 23 heavy (non-hydrogen) atoms. The minimum atomic E-state index is -0.174. The van der Waals surface area contributed by atoms with E-state index in [1.807, 2.05) is 36.6 Å². The lowest BCUT2D eigenvalue weighted by molar-refractivity contribution is -0.117. The van der Waals surface area contributed by atoms with Gasteiger partial charge in [-0.1, -0.05) is 30.0 Å². The monoisotopic (exact) mass is 347 g/mol. The number of para-hydroxylation sites is 1. The third-order valence-corrected chi connectivity index (χ3v) is 5.58. The maximum Gasteiger partial charge on any atom is 0.270 e. The molecule has 2 heterocycles. The van der Waals surface area contributed by atoms with E-state index in [0.717, 1.165) is 10.0 Å². The van der Waals surface area contributed by atoms with E-state index in [1.165, 1.54) is 23.1 Å². The second kappa shape index (κ2) is 7.14. The normalized spacial score (nSPS) is 17.5. The van der Waals surface area contributed by atoms with E-state index >= 15 is 0 Å². The van der Waals surface area contributed by atoms with Crippen molar-refractivity contribution in [1.29, 1.82) is 0 Å². The van der Waals surface area contributed by atoms with Gasteiger partial charge < -0.3 is 10.2 Å². The number of hydrogen-bond donors (Lipinski definition) is 1. The molecule has 0 unspecified atom stereocenters. The molecule has 0 spiro atoms. The van der Waals surface area contributed by atoms with Gasteiger partial charge in [0.1, 0.15) is 10.0 Å². The standard InChI is InChI=1S/C16H17N3O2S2/c1-22-16-18-13(10-23-16)15(21)17-8-11-7-14(20)19(9-11)12-5-3-2-4-6-12/h2-6,10-11H,7-9H2,1H3,(H,17,21)/t11-/m1/s1. The Labute approximate surface area is 143 Å². The number of thioether (sulfide) groups is 1. The van der Waals surface area contributed by atoms with Crippen LogP contribution in [0.4, 0.5) is 5.69 Å². The fourth-order valence-electron chi connectivity index (χ4n) is 2.56. The summed E-state index contributed by atoms with van der Waals surface area (Å²) in [6.07, 6.45) is 2.39. The Kier molecular flexibility index (Phi) is 4.97. The average molecular weight is 347 g/mol. The molecule has 0 saturated carbocycles. The van der Waals surface area contributed by atoms with E-state index in [1.54, 1.807) is 10.3 Å². The molecule has 1 fully saturated rings. The van der Waals surface area contributed by atoms with Crippen LogP contribution in [0.1, 0.15) is 16.9 Å². The van der Waals surface area contributed by atoms with Crippen molar-refractivity contribution in [1.82, 2.24) is 10.3 Å². The second-order valence-corrected chi connectivity index (χ2v) is 7.23. The third kappa shape index (κ3) is 3.73. The van der Waals surface area contributed by atoms with Crippen molar-refractivity contribution in [2.24, 2.45) is 5.92 Å². The number of carbonyl (C=O) groups is 2. The van der Waals surface area contributed by atoms with E-state index in [2.05, 4.69) is 10.3 Å². The molecule has 0 aliphatic carbocycles. The van der Waals surface area contributed by atoms with E-state index in [9.17, 15) is 9.59 Å². The van der Waals surface area contributed by atoms with Crippen LogP contribution in [0, 0.1) is 5.92 Å². The highest BCUT2D eigenvalue weighted by Gasteiger charge is 2.30. The highest BCUT2D eigenvalue weighted by molar-refractivity contribution is 8.00. The summed E-state index contributed by atoms with van der Waals surface area (Å²) >= 11 is 2.99. The van der Waals surface area contributed by atoms with Crippen molar-refractivity contribution < 1.29 is 9.59 Å². The SMILES string of the molecule is CSc1nc(C(=O)NC[C@H]2CC(=O)N(c3ccccc3)C2)cs1. The molecule has 0 radical (unpaired) electrons. The van der Waals surface area contributed by atoms with Gasteiger partial charge in [0.25, 0.3) is 5.91 Å². The smallest absolute Gasteiger partial charge is 0.270 e. The highest BCUT2D eigenvalue weighted by Crippen LogP contribution is 2.24. The summed E-state index contributed by atoms with van der Waals surface area (Å²) in [5.41, 5.74) is 1.36. The quantitative estimate of drug-likeness (QED) is 0.845. The van der Waals surface area contributed by atoms with Gasteiger partial charge in [-0.05, 0) is 18.4 Å². The maximum atomic E-state index is 12.1. The molecule has 2 aromatic rings. The zero-order chi connectivity index (χ0) is 16.2. The summed E-state index contributed by atoms with van der Waals surface area (Å²) in [6, 6.07) is 9.63. The maximum absolute atomic E-state index is 12.1. The molecule has 1 saturated heterocycles. The molecule has 1 aromatic heterocycles. The topological polar surface area (TPSA) is 62.3 Å². The molecule has 1 atom stereocenters. The van der Waals surface area contributed by atoms with Crippen LogP contribution in [0.5, 0.6) is 0 Å². The van der Waals surface area contributed by atoms with E-state index in [0.29, 0.717) is 25.2 Å². The number of nitrogens with zero attached hydrogens (tertiary/aromatic N) is 2. The molecule has 5 nitrogen and oxygen atoms in total. The van der Waals surface area contributed by atoms with Crippen molar-refractivity contribution in [2.75, 3.05) is 24.2 Å². The predicted octanol–water partition coefficient (Wildman–Crippen LogP) is 2.65. The number of carbonyl (C=O) groups excluding carboxylic acids is 2.